The lowest BCUT2D eigenvalue weighted by molar-refractivity contribution is -0.0174. The Labute approximate surface area is 125 Å². The Bertz CT molecular complexity index is 742. The second kappa shape index (κ2) is 5.05. The highest BCUT2D eigenvalue weighted by molar-refractivity contribution is 7.07. The molecule has 3 aromatic heterocycles. The number of fused-ring (bicyclic) bond motifs is 1. The average Bonchev–Trinajstić information content (AvgIpc) is 3.17. The van der Waals surface area contributed by atoms with Crippen molar-refractivity contribution in [2.45, 2.75) is 19.1 Å². The summed E-state index contributed by atoms with van der Waals surface area (Å²) < 4.78 is 7.50. The summed E-state index contributed by atoms with van der Waals surface area (Å²) in [6.07, 6.45) is 0.224. The van der Waals surface area contributed by atoms with E-state index in [1.807, 2.05) is 12.1 Å². The summed E-state index contributed by atoms with van der Waals surface area (Å²) in [4.78, 5) is 2.22. The van der Waals surface area contributed by atoms with Gasteiger partial charge in [-0.15, -0.1) is 14.8 Å². The smallest absolute Gasteiger partial charge is 0.200 e. The first-order valence-corrected chi connectivity index (χ1v) is 7.72. The number of ether oxygens (including phenoxy) is 1. The highest BCUT2D eigenvalue weighted by atomic mass is 32.1. The fourth-order valence-electron chi connectivity index (χ4n) is 2.59. The van der Waals surface area contributed by atoms with Crippen LogP contribution in [0.5, 0.6) is 0 Å². The van der Waals surface area contributed by atoms with Crippen LogP contribution in [0.3, 0.4) is 0 Å². The lowest BCUT2D eigenvalue weighted by Gasteiger charge is -2.37. The predicted molar refractivity (Wildman–Crippen MR) is 78.4 cm³/mol. The van der Waals surface area contributed by atoms with Crippen LogP contribution in [0.2, 0.25) is 0 Å². The molecule has 1 fully saturated rings. The molecule has 1 aliphatic rings. The Hall–Kier alpha value is -2.06. The van der Waals surface area contributed by atoms with E-state index in [0.29, 0.717) is 5.65 Å². The van der Waals surface area contributed by atoms with Crippen molar-refractivity contribution in [3.05, 3.63) is 34.5 Å². The van der Waals surface area contributed by atoms with Crippen molar-refractivity contribution >= 4 is 22.8 Å². The van der Waals surface area contributed by atoms with Crippen LogP contribution in [0.25, 0.3) is 5.65 Å². The number of anilines is 1. The van der Waals surface area contributed by atoms with E-state index in [1.54, 1.807) is 11.3 Å². The predicted octanol–water partition coefficient (Wildman–Crippen LogP) is 1.55. The van der Waals surface area contributed by atoms with Gasteiger partial charge in [-0.1, -0.05) is 0 Å². The van der Waals surface area contributed by atoms with Crippen molar-refractivity contribution in [1.82, 2.24) is 25.3 Å². The summed E-state index contributed by atoms with van der Waals surface area (Å²) >= 11 is 1.69. The normalized spacial score (nSPS) is 22.8. The van der Waals surface area contributed by atoms with Gasteiger partial charge < -0.3 is 9.64 Å². The van der Waals surface area contributed by atoms with Gasteiger partial charge in [0.15, 0.2) is 11.5 Å². The van der Waals surface area contributed by atoms with Gasteiger partial charge in [-0.3, -0.25) is 0 Å². The topological polar surface area (TPSA) is 68.4 Å². The van der Waals surface area contributed by atoms with Gasteiger partial charge in [0.25, 0.3) is 0 Å². The minimum Gasteiger partial charge on any atom is -0.367 e. The first kappa shape index (κ1) is 12.7. The maximum atomic E-state index is 6.04. The van der Waals surface area contributed by atoms with Crippen molar-refractivity contribution in [2.75, 3.05) is 18.0 Å². The molecule has 2 atom stereocenters. The van der Waals surface area contributed by atoms with Crippen molar-refractivity contribution in [1.29, 1.82) is 0 Å². The first-order chi connectivity index (χ1) is 10.3. The second-order valence-electron chi connectivity index (χ2n) is 5.12. The maximum Gasteiger partial charge on any atom is 0.200 e. The number of hydrogen-bond donors (Lipinski definition) is 0. The molecule has 0 spiro atoms. The molecule has 0 aromatic carbocycles. The molecule has 7 nitrogen and oxygen atoms in total. The monoisotopic (exact) mass is 302 g/mol. The molecule has 108 valence electrons. The summed E-state index contributed by atoms with van der Waals surface area (Å²) in [6, 6.07) is 5.94. The zero-order valence-corrected chi connectivity index (χ0v) is 12.3. The van der Waals surface area contributed by atoms with Crippen molar-refractivity contribution in [3.63, 3.8) is 0 Å². The van der Waals surface area contributed by atoms with Gasteiger partial charge in [-0.05, 0) is 51.9 Å². The van der Waals surface area contributed by atoms with E-state index in [2.05, 4.69) is 49.3 Å². The van der Waals surface area contributed by atoms with Crippen LogP contribution in [0.15, 0.2) is 29.0 Å². The quantitative estimate of drug-likeness (QED) is 0.715. The van der Waals surface area contributed by atoms with Crippen LogP contribution in [-0.4, -0.2) is 44.4 Å². The molecule has 4 heterocycles. The Morgan fingerprint density at radius 2 is 2.24 bits per heavy atom. The molecular formula is C13H14N6OS. The fraction of sp³-hybridized carbons (Fsp3) is 0.385. The standard InChI is InChI=1S/C13H14N6OS/c1-9-6-18(7-11(20-9)10-4-5-21-8-10)13-3-2-12-14-16-17-19(12)15-13/h2-5,8-9,11H,6-7H2,1H3. The molecule has 0 N–H and O–H groups in total. The van der Waals surface area contributed by atoms with Gasteiger partial charge in [-0.2, -0.15) is 11.3 Å². The Balaban J connectivity index is 1.63. The highest BCUT2D eigenvalue weighted by Crippen LogP contribution is 2.28. The molecule has 4 rings (SSSR count). The third-order valence-corrected chi connectivity index (χ3v) is 4.26. The van der Waals surface area contributed by atoms with Crippen LogP contribution in [-0.2, 0) is 4.74 Å². The Morgan fingerprint density at radius 1 is 1.29 bits per heavy atom. The molecule has 0 aliphatic carbocycles. The Morgan fingerprint density at radius 3 is 3.10 bits per heavy atom. The number of hydrogen-bond acceptors (Lipinski definition) is 7. The van der Waals surface area contributed by atoms with Crippen LogP contribution in [0.1, 0.15) is 18.6 Å². The molecule has 0 amide bonds. The molecule has 0 radical (unpaired) electrons. The van der Waals surface area contributed by atoms with Gasteiger partial charge >= 0.3 is 0 Å². The van der Waals surface area contributed by atoms with E-state index < -0.39 is 0 Å². The molecule has 0 bridgehead atoms. The molecular weight excluding hydrogens is 288 g/mol. The van der Waals surface area contributed by atoms with E-state index in [9.17, 15) is 0 Å². The SMILES string of the molecule is CC1CN(c2ccc3nnnn3n2)CC(c2ccsc2)O1. The van der Waals surface area contributed by atoms with Gasteiger partial charge in [0, 0.05) is 13.1 Å². The summed E-state index contributed by atoms with van der Waals surface area (Å²) in [5, 5.41) is 20.0. The number of aromatic nitrogens is 5. The highest BCUT2D eigenvalue weighted by Gasteiger charge is 2.27. The number of rotatable bonds is 2. The van der Waals surface area contributed by atoms with Crippen molar-refractivity contribution in [3.8, 4) is 0 Å². The van der Waals surface area contributed by atoms with Crippen LogP contribution < -0.4 is 4.90 Å². The average molecular weight is 302 g/mol. The molecule has 3 aromatic rings. The van der Waals surface area contributed by atoms with E-state index >= 15 is 0 Å². The van der Waals surface area contributed by atoms with E-state index in [-0.39, 0.29) is 12.2 Å². The number of morpholine rings is 1. The summed E-state index contributed by atoms with van der Waals surface area (Å²) in [6.45, 7) is 3.67. The number of nitrogens with zero attached hydrogens (tertiary/aromatic N) is 6. The van der Waals surface area contributed by atoms with Crippen molar-refractivity contribution < 1.29 is 4.74 Å². The summed E-state index contributed by atoms with van der Waals surface area (Å²) in [7, 11) is 0. The summed E-state index contributed by atoms with van der Waals surface area (Å²) in [5.41, 5.74) is 1.87. The van der Waals surface area contributed by atoms with Gasteiger partial charge in [0.2, 0.25) is 0 Å². The maximum absolute atomic E-state index is 6.04. The number of thiophene rings is 1. The molecule has 8 heteroatoms. The first-order valence-electron chi connectivity index (χ1n) is 6.77. The van der Waals surface area contributed by atoms with Crippen molar-refractivity contribution in [2.24, 2.45) is 0 Å². The molecule has 1 aliphatic heterocycles. The van der Waals surface area contributed by atoms with Crippen LogP contribution >= 0.6 is 11.3 Å². The van der Waals surface area contributed by atoms with E-state index in [1.165, 1.54) is 10.2 Å². The van der Waals surface area contributed by atoms with E-state index in [0.717, 1.165) is 18.9 Å². The van der Waals surface area contributed by atoms with Gasteiger partial charge in [0.05, 0.1) is 6.10 Å². The third-order valence-electron chi connectivity index (χ3n) is 3.55. The minimum atomic E-state index is 0.0753. The lowest BCUT2D eigenvalue weighted by Crippen LogP contribution is -2.43. The van der Waals surface area contributed by atoms with Gasteiger partial charge in [-0.25, -0.2) is 0 Å². The zero-order chi connectivity index (χ0) is 14.2. The zero-order valence-electron chi connectivity index (χ0n) is 11.5. The second-order valence-corrected chi connectivity index (χ2v) is 5.90. The fourth-order valence-corrected chi connectivity index (χ4v) is 3.29. The van der Waals surface area contributed by atoms with Crippen LogP contribution in [0, 0.1) is 0 Å². The lowest BCUT2D eigenvalue weighted by atomic mass is 10.1. The van der Waals surface area contributed by atoms with Crippen LogP contribution in [0.4, 0.5) is 5.82 Å². The Kier molecular flexibility index (Phi) is 3.04. The van der Waals surface area contributed by atoms with E-state index in [4.69, 9.17) is 4.74 Å². The molecule has 2 unspecified atom stereocenters. The van der Waals surface area contributed by atoms with Gasteiger partial charge in [0.1, 0.15) is 6.10 Å². The third kappa shape index (κ3) is 2.36. The molecule has 21 heavy (non-hydrogen) atoms. The number of tetrazole rings is 1. The molecule has 1 saturated heterocycles. The summed E-state index contributed by atoms with van der Waals surface area (Å²) in [5.74, 6) is 0.866. The molecule has 0 saturated carbocycles. The largest absolute Gasteiger partial charge is 0.367 e. The minimum absolute atomic E-state index is 0.0753.